The van der Waals surface area contributed by atoms with Crippen LogP contribution in [-0.4, -0.2) is 36.8 Å². The molecule has 1 heterocycles. The van der Waals surface area contributed by atoms with Crippen molar-refractivity contribution < 1.29 is 27.1 Å². The predicted octanol–water partition coefficient (Wildman–Crippen LogP) is 3.49. The Labute approximate surface area is 194 Å². The molecular weight excluding hydrogens is 442 g/mol. The van der Waals surface area contributed by atoms with Crippen LogP contribution in [0.5, 0.6) is 0 Å². The summed E-state index contributed by atoms with van der Waals surface area (Å²) in [5.41, 5.74) is -0.598. The van der Waals surface area contributed by atoms with Gasteiger partial charge in [-0.25, -0.2) is 0 Å². The van der Waals surface area contributed by atoms with Crippen LogP contribution in [0.25, 0.3) is 5.57 Å². The molecule has 33 heavy (non-hydrogen) atoms. The van der Waals surface area contributed by atoms with E-state index in [0.717, 1.165) is 12.8 Å². The van der Waals surface area contributed by atoms with Crippen molar-refractivity contribution in [3.63, 3.8) is 0 Å². The molecule has 0 spiro atoms. The fourth-order valence-electron chi connectivity index (χ4n) is 5.45. The van der Waals surface area contributed by atoms with Gasteiger partial charge in [-0.05, 0) is 36.3 Å². The first-order chi connectivity index (χ1) is 15.5. The Balaban J connectivity index is 1.69. The number of hydrogen-bond acceptors (Lipinski definition) is 6. The number of ketones is 1. The molecule has 2 bridgehead atoms. The van der Waals surface area contributed by atoms with E-state index in [1.54, 1.807) is 18.2 Å². The van der Waals surface area contributed by atoms with Crippen LogP contribution < -0.4 is 0 Å². The molecule has 3 saturated carbocycles. The van der Waals surface area contributed by atoms with E-state index in [0.29, 0.717) is 35.5 Å². The van der Waals surface area contributed by atoms with Gasteiger partial charge in [-0.2, -0.15) is 8.42 Å². The summed E-state index contributed by atoms with van der Waals surface area (Å²) in [6, 6.07) is 4.69. The Morgan fingerprint density at radius 1 is 1.24 bits per heavy atom. The molecule has 2 atom stereocenters. The third-order valence-electron chi connectivity index (χ3n) is 7.65. The maximum Gasteiger partial charge on any atom is 0.289 e. The molecule has 2 unspecified atom stereocenters. The number of fused-ring (bicyclic) bond motifs is 2. The Morgan fingerprint density at radius 2 is 1.97 bits per heavy atom. The van der Waals surface area contributed by atoms with Crippen molar-refractivity contribution in [3.05, 3.63) is 41.0 Å². The average Bonchev–Trinajstić information content (AvgIpc) is 3.19. The molecule has 7 nitrogen and oxygen atoms in total. The minimum atomic E-state index is -4.43. The topological polar surface area (TPSA) is 97.8 Å². The molecule has 4 aliphatic rings. The summed E-state index contributed by atoms with van der Waals surface area (Å²) in [5, 5.41) is 0.301. The summed E-state index contributed by atoms with van der Waals surface area (Å²) in [6.07, 6.45) is 10.3. The maximum atomic E-state index is 13.3. The fourth-order valence-corrected chi connectivity index (χ4v) is 7.12. The Hall–Kier alpha value is -2.76. The van der Waals surface area contributed by atoms with Crippen molar-refractivity contribution in [3.8, 4) is 12.3 Å². The van der Waals surface area contributed by atoms with Crippen LogP contribution in [0.2, 0.25) is 0 Å². The zero-order chi connectivity index (χ0) is 24.2. The number of nitrogens with zero attached hydrogens (tertiary/aromatic N) is 1. The highest BCUT2D eigenvalue weighted by Gasteiger charge is 2.71. The molecule has 0 saturated heterocycles. The molecule has 8 heteroatoms. The third-order valence-corrected chi connectivity index (χ3v) is 8.87. The molecule has 3 fully saturated rings. The fraction of sp³-hybridized carbons (Fsp3) is 0.480. The molecule has 1 aliphatic heterocycles. The number of Topliss-reactive ketones (excluding diaryl/α,β-unsaturated/α-hetero) is 1. The minimum absolute atomic E-state index is 0.0992. The second-order valence-corrected chi connectivity index (χ2v) is 11.2. The summed E-state index contributed by atoms with van der Waals surface area (Å²) >= 11 is 0. The van der Waals surface area contributed by atoms with Gasteiger partial charge in [0.1, 0.15) is 5.78 Å². The lowest BCUT2D eigenvalue weighted by atomic mass is 9.51. The zero-order valence-corrected chi connectivity index (χ0v) is 19.8. The first-order valence-electron chi connectivity index (χ1n) is 11.1. The lowest BCUT2D eigenvalue weighted by Gasteiger charge is -2.53. The number of carbonyl (C=O) groups is 3. The van der Waals surface area contributed by atoms with Gasteiger partial charge in [-0.3, -0.25) is 14.4 Å². The highest BCUT2D eigenvalue weighted by atomic mass is 32.2. The number of carbonyl (C=O) groups excluding carboxylic acids is 3. The van der Waals surface area contributed by atoms with E-state index in [-0.39, 0.29) is 22.8 Å². The van der Waals surface area contributed by atoms with Gasteiger partial charge in [0.15, 0.2) is 0 Å². The highest BCUT2D eigenvalue weighted by Crippen LogP contribution is 2.69. The van der Waals surface area contributed by atoms with Gasteiger partial charge in [0.25, 0.3) is 21.9 Å². The second-order valence-electron chi connectivity index (χ2n) is 9.65. The van der Waals surface area contributed by atoms with Gasteiger partial charge in [0.05, 0.1) is 16.7 Å². The molecule has 1 aromatic rings. The van der Waals surface area contributed by atoms with Crippen LogP contribution >= 0.6 is 0 Å². The summed E-state index contributed by atoms with van der Waals surface area (Å²) in [5.74, 6) is 0.183. The summed E-state index contributed by atoms with van der Waals surface area (Å²) in [7, 11) is -4.43. The number of hydroxylamine groups is 2. The van der Waals surface area contributed by atoms with Crippen LogP contribution in [-0.2, 0) is 24.0 Å². The SMILES string of the molecule is C#Cc1cccc2c1/C(=C\CCCC)C(=O)N(OS(=O)(=O)CC13CC(CC1=O)C3(C)C)C2=O. The van der Waals surface area contributed by atoms with Crippen molar-refractivity contribution in [2.45, 2.75) is 52.9 Å². The minimum Gasteiger partial charge on any atom is -0.299 e. The molecular formula is C25H27NO6S. The summed E-state index contributed by atoms with van der Waals surface area (Å²) in [4.78, 5) is 39.0. The quantitative estimate of drug-likeness (QED) is 0.262. The lowest BCUT2D eigenvalue weighted by Crippen LogP contribution is -2.55. The van der Waals surface area contributed by atoms with E-state index in [2.05, 4.69) is 5.92 Å². The molecule has 0 aromatic heterocycles. The van der Waals surface area contributed by atoms with Crippen LogP contribution in [0.15, 0.2) is 24.3 Å². The number of allylic oxidation sites excluding steroid dienone is 1. The van der Waals surface area contributed by atoms with Gasteiger partial charge >= 0.3 is 0 Å². The molecule has 1 aromatic carbocycles. The number of unbranched alkanes of at least 4 members (excludes halogenated alkanes) is 2. The molecule has 5 rings (SSSR count). The Morgan fingerprint density at radius 3 is 2.55 bits per heavy atom. The van der Waals surface area contributed by atoms with E-state index >= 15 is 0 Å². The Bertz CT molecular complexity index is 1240. The largest absolute Gasteiger partial charge is 0.299 e. The smallest absolute Gasteiger partial charge is 0.289 e. The van der Waals surface area contributed by atoms with Crippen molar-refractivity contribution in [1.29, 1.82) is 0 Å². The van der Waals surface area contributed by atoms with E-state index in [1.165, 1.54) is 6.07 Å². The van der Waals surface area contributed by atoms with Gasteiger partial charge < -0.3 is 0 Å². The first kappa shape index (κ1) is 23.4. The number of rotatable bonds is 7. The lowest BCUT2D eigenvalue weighted by molar-refractivity contribution is -0.142. The second kappa shape index (κ2) is 7.93. The van der Waals surface area contributed by atoms with E-state index in [4.69, 9.17) is 10.7 Å². The van der Waals surface area contributed by atoms with Crippen molar-refractivity contribution in [1.82, 2.24) is 5.06 Å². The van der Waals surface area contributed by atoms with Gasteiger partial charge in [-0.15, -0.1) is 15.8 Å². The number of terminal acetylenes is 1. The molecule has 3 aliphatic carbocycles. The van der Waals surface area contributed by atoms with Gasteiger partial charge in [0, 0.05) is 23.1 Å². The van der Waals surface area contributed by atoms with Crippen molar-refractivity contribution >= 4 is 33.3 Å². The predicted molar refractivity (Wildman–Crippen MR) is 122 cm³/mol. The van der Waals surface area contributed by atoms with Crippen LogP contribution in [0.4, 0.5) is 0 Å². The number of benzene rings is 1. The molecule has 0 N–H and O–H groups in total. The van der Waals surface area contributed by atoms with E-state index < -0.39 is 38.5 Å². The van der Waals surface area contributed by atoms with E-state index in [9.17, 15) is 22.8 Å². The van der Waals surface area contributed by atoms with Gasteiger partial charge in [-0.1, -0.05) is 51.7 Å². The molecule has 0 radical (unpaired) electrons. The van der Waals surface area contributed by atoms with Crippen molar-refractivity contribution in [2.24, 2.45) is 16.7 Å². The first-order valence-corrected chi connectivity index (χ1v) is 12.7. The zero-order valence-electron chi connectivity index (χ0n) is 19.0. The normalized spacial score (nSPS) is 26.8. The molecule has 2 amide bonds. The Kier molecular flexibility index (Phi) is 5.62. The monoisotopic (exact) mass is 469 g/mol. The van der Waals surface area contributed by atoms with Crippen LogP contribution in [0.3, 0.4) is 0 Å². The standard InChI is InChI=1S/C25H27NO6S/c1-5-7-8-11-18-21-16(6-2)10-9-12-19(21)23(29)26(22(18)28)32-33(30,31)15-25-14-17(13-20(25)27)24(25,3)4/h2,9-12,17H,5,7-8,13-15H2,1,3-4H3/b18-11+. The van der Waals surface area contributed by atoms with Crippen LogP contribution in [0, 0.1) is 29.1 Å². The molecule has 174 valence electrons. The maximum absolute atomic E-state index is 13.3. The van der Waals surface area contributed by atoms with Gasteiger partial charge in [0.2, 0.25) is 0 Å². The number of imide groups is 1. The third kappa shape index (κ3) is 3.46. The summed E-state index contributed by atoms with van der Waals surface area (Å²) < 4.78 is 31.2. The average molecular weight is 470 g/mol. The number of amides is 2. The highest BCUT2D eigenvalue weighted by molar-refractivity contribution is 7.86. The van der Waals surface area contributed by atoms with Crippen LogP contribution in [0.1, 0.15) is 74.4 Å². The number of hydrogen-bond donors (Lipinski definition) is 0. The van der Waals surface area contributed by atoms with E-state index in [1.807, 2.05) is 20.8 Å². The summed E-state index contributed by atoms with van der Waals surface area (Å²) in [6.45, 7) is 5.76. The van der Waals surface area contributed by atoms with Crippen molar-refractivity contribution in [2.75, 3.05) is 5.75 Å².